The van der Waals surface area contributed by atoms with Gasteiger partial charge in [0.15, 0.2) is 5.13 Å². The number of rotatable bonds is 4. The molecule has 0 unspecified atom stereocenters. The largest absolute Gasteiger partial charge is 0.497 e. The van der Waals surface area contributed by atoms with E-state index in [1.165, 1.54) is 11.3 Å². The molecule has 8 heteroatoms. The Bertz CT molecular complexity index is 1020. The molecule has 0 aliphatic carbocycles. The van der Waals surface area contributed by atoms with Gasteiger partial charge in [-0.25, -0.2) is 14.9 Å². The number of nitrogens with zero attached hydrogens (tertiary/aromatic N) is 2. The average molecular weight is 399 g/mol. The lowest BCUT2D eigenvalue weighted by Gasteiger charge is -2.29. The van der Waals surface area contributed by atoms with E-state index in [-0.39, 0.29) is 5.56 Å². The molecule has 1 aliphatic heterocycles. The van der Waals surface area contributed by atoms with E-state index in [4.69, 9.17) is 14.9 Å². The Labute approximate surface area is 165 Å². The van der Waals surface area contributed by atoms with E-state index in [1.54, 1.807) is 18.7 Å². The van der Waals surface area contributed by atoms with Gasteiger partial charge in [0.1, 0.15) is 11.6 Å². The predicted octanol–water partition coefficient (Wildman–Crippen LogP) is 3.64. The number of hydrogen-bond acceptors (Lipinski definition) is 6. The summed E-state index contributed by atoms with van der Waals surface area (Å²) in [7, 11) is 1.63. The van der Waals surface area contributed by atoms with Crippen LogP contribution in [0.5, 0.6) is 5.75 Å². The number of aromatic nitrogens is 1. The number of fused-ring (bicyclic) bond motifs is 1. The molecule has 0 radical (unpaired) electrons. The van der Waals surface area contributed by atoms with E-state index in [0.717, 1.165) is 33.8 Å². The first-order valence-corrected chi connectivity index (χ1v) is 9.57. The normalized spacial score (nSPS) is 13.2. The van der Waals surface area contributed by atoms with Crippen LogP contribution >= 0.6 is 11.3 Å². The van der Waals surface area contributed by atoms with Crippen LogP contribution in [0.2, 0.25) is 0 Å². The zero-order valence-electron chi connectivity index (χ0n) is 15.1. The fourth-order valence-electron chi connectivity index (χ4n) is 3.28. The number of amides is 1. The second-order valence-electron chi connectivity index (χ2n) is 6.45. The Kier molecular flexibility index (Phi) is 4.97. The van der Waals surface area contributed by atoms with Gasteiger partial charge in [-0.1, -0.05) is 0 Å². The lowest BCUT2D eigenvalue weighted by atomic mass is 9.96. The van der Waals surface area contributed by atoms with Crippen molar-refractivity contribution < 1.29 is 19.1 Å². The Balaban J connectivity index is 1.56. The van der Waals surface area contributed by atoms with Crippen LogP contribution < -0.4 is 15.1 Å². The number of hydroxylamine groups is 1. The van der Waals surface area contributed by atoms with Gasteiger partial charge >= 0.3 is 0 Å². The number of nitrogens with one attached hydrogen (secondary N) is 1. The van der Waals surface area contributed by atoms with Gasteiger partial charge in [-0.3, -0.25) is 10.0 Å². The van der Waals surface area contributed by atoms with Crippen LogP contribution in [0.4, 0.5) is 9.52 Å². The predicted molar refractivity (Wildman–Crippen MR) is 105 cm³/mol. The molecule has 0 spiro atoms. The number of hydrogen-bond donors (Lipinski definition) is 2. The number of ether oxygens (including phenoxy) is 1. The van der Waals surface area contributed by atoms with Crippen LogP contribution in [0, 0.1) is 5.82 Å². The second-order valence-corrected chi connectivity index (χ2v) is 7.29. The molecule has 4 rings (SSSR count). The summed E-state index contributed by atoms with van der Waals surface area (Å²) in [5.74, 6) is -0.377. The molecule has 0 fully saturated rings. The smallest absolute Gasteiger partial charge is 0.274 e. The number of benzene rings is 2. The first-order chi connectivity index (χ1) is 13.6. The van der Waals surface area contributed by atoms with Crippen LogP contribution in [0.1, 0.15) is 21.5 Å². The first kappa shape index (κ1) is 18.4. The van der Waals surface area contributed by atoms with Crippen molar-refractivity contribution in [3.05, 3.63) is 64.3 Å². The summed E-state index contributed by atoms with van der Waals surface area (Å²) < 4.78 is 19.7. The van der Waals surface area contributed by atoms with E-state index in [0.29, 0.717) is 25.1 Å². The Morgan fingerprint density at radius 3 is 2.82 bits per heavy atom. The molecule has 0 saturated carbocycles. The highest BCUT2D eigenvalue weighted by Crippen LogP contribution is 2.32. The van der Waals surface area contributed by atoms with Crippen LogP contribution in [-0.4, -0.2) is 29.8 Å². The maximum absolute atomic E-state index is 14.5. The Morgan fingerprint density at radius 2 is 2.11 bits per heavy atom. The van der Waals surface area contributed by atoms with Crippen molar-refractivity contribution in [2.75, 3.05) is 18.6 Å². The summed E-state index contributed by atoms with van der Waals surface area (Å²) in [5.41, 5.74) is 4.85. The summed E-state index contributed by atoms with van der Waals surface area (Å²) in [6.07, 6.45) is 0.594. The van der Waals surface area contributed by atoms with E-state index in [1.807, 2.05) is 34.5 Å². The van der Waals surface area contributed by atoms with Crippen LogP contribution in [-0.2, 0) is 13.0 Å². The maximum Gasteiger partial charge on any atom is 0.274 e. The zero-order valence-corrected chi connectivity index (χ0v) is 15.9. The third-order valence-electron chi connectivity index (χ3n) is 4.80. The van der Waals surface area contributed by atoms with E-state index in [9.17, 15) is 9.18 Å². The molecule has 2 aromatic carbocycles. The van der Waals surface area contributed by atoms with Gasteiger partial charge in [-0.2, -0.15) is 0 Å². The van der Waals surface area contributed by atoms with Crippen molar-refractivity contribution >= 4 is 22.4 Å². The highest BCUT2D eigenvalue weighted by Gasteiger charge is 2.23. The molecule has 0 atom stereocenters. The first-order valence-electron chi connectivity index (χ1n) is 8.69. The molecule has 3 aromatic rings. The van der Waals surface area contributed by atoms with Crippen molar-refractivity contribution in [3.8, 4) is 17.0 Å². The van der Waals surface area contributed by atoms with E-state index in [2.05, 4.69) is 0 Å². The quantitative estimate of drug-likeness (QED) is 0.518. The van der Waals surface area contributed by atoms with Gasteiger partial charge in [-0.15, -0.1) is 11.3 Å². The topological polar surface area (TPSA) is 74.7 Å². The summed E-state index contributed by atoms with van der Waals surface area (Å²) in [4.78, 5) is 18.3. The van der Waals surface area contributed by atoms with Crippen molar-refractivity contribution in [2.24, 2.45) is 0 Å². The second kappa shape index (κ2) is 7.57. The molecule has 6 nitrogen and oxygen atoms in total. The van der Waals surface area contributed by atoms with E-state index >= 15 is 0 Å². The zero-order chi connectivity index (χ0) is 19.7. The molecule has 1 amide bonds. The number of halogens is 1. The van der Waals surface area contributed by atoms with Gasteiger partial charge in [-0.05, 0) is 48.4 Å². The van der Waals surface area contributed by atoms with Gasteiger partial charge < -0.3 is 9.64 Å². The SMILES string of the molecule is COc1ccc(-c2csc(N3CCc4cc(C(=O)NO)cc(F)c4C3)n2)cc1. The van der Waals surface area contributed by atoms with Gasteiger partial charge in [0.25, 0.3) is 5.91 Å². The van der Waals surface area contributed by atoms with E-state index < -0.39 is 11.7 Å². The minimum atomic E-state index is -0.715. The number of methoxy groups -OCH3 is 1. The molecule has 0 bridgehead atoms. The highest BCUT2D eigenvalue weighted by molar-refractivity contribution is 7.14. The molecular formula is C20H18FN3O3S. The monoisotopic (exact) mass is 399 g/mol. The lowest BCUT2D eigenvalue weighted by molar-refractivity contribution is 0.0705. The third kappa shape index (κ3) is 3.44. The molecule has 1 aromatic heterocycles. The van der Waals surface area contributed by atoms with Crippen molar-refractivity contribution in [1.29, 1.82) is 0 Å². The minimum absolute atomic E-state index is 0.114. The molecule has 28 heavy (non-hydrogen) atoms. The minimum Gasteiger partial charge on any atom is -0.497 e. The van der Waals surface area contributed by atoms with Gasteiger partial charge in [0, 0.05) is 35.2 Å². The lowest BCUT2D eigenvalue weighted by Crippen LogP contribution is -2.31. The molecule has 2 heterocycles. The Morgan fingerprint density at radius 1 is 1.32 bits per heavy atom. The summed E-state index contributed by atoms with van der Waals surface area (Å²) in [6.45, 7) is 1.06. The number of thiazole rings is 1. The molecule has 2 N–H and O–H groups in total. The third-order valence-corrected chi connectivity index (χ3v) is 5.70. The average Bonchev–Trinajstić information content (AvgIpc) is 3.23. The molecule has 0 saturated heterocycles. The van der Waals surface area contributed by atoms with Crippen molar-refractivity contribution in [2.45, 2.75) is 13.0 Å². The summed E-state index contributed by atoms with van der Waals surface area (Å²) in [5, 5.41) is 11.6. The maximum atomic E-state index is 14.5. The van der Waals surface area contributed by atoms with Crippen LogP contribution in [0.25, 0.3) is 11.3 Å². The Hall–Kier alpha value is -2.97. The highest BCUT2D eigenvalue weighted by atomic mass is 32.1. The molecule has 1 aliphatic rings. The summed E-state index contributed by atoms with van der Waals surface area (Å²) in [6, 6.07) is 10.5. The fourth-order valence-corrected chi connectivity index (χ4v) is 4.14. The molecular weight excluding hydrogens is 381 g/mol. The number of anilines is 1. The molecule has 144 valence electrons. The standard InChI is InChI=1S/C20H18FN3O3S/c1-27-15-4-2-12(3-5-15)18-11-28-20(22-18)24-7-6-13-8-14(19(25)23-26)9-17(21)16(13)10-24/h2-5,8-9,11,26H,6-7,10H2,1H3,(H,23,25). The summed E-state index contributed by atoms with van der Waals surface area (Å²) >= 11 is 1.52. The van der Waals surface area contributed by atoms with Crippen LogP contribution in [0.15, 0.2) is 41.8 Å². The van der Waals surface area contributed by atoms with Crippen molar-refractivity contribution in [1.82, 2.24) is 10.5 Å². The van der Waals surface area contributed by atoms with Gasteiger partial charge in [0.2, 0.25) is 0 Å². The van der Waals surface area contributed by atoms with Crippen LogP contribution in [0.3, 0.4) is 0 Å². The van der Waals surface area contributed by atoms with Gasteiger partial charge in [0.05, 0.1) is 12.8 Å². The van der Waals surface area contributed by atoms with Crippen molar-refractivity contribution in [3.63, 3.8) is 0 Å². The number of carbonyl (C=O) groups is 1. The fraction of sp³-hybridized carbons (Fsp3) is 0.200. The number of carbonyl (C=O) groups excluding carboxylic acids is 1.